The zero-order chi connectivity index (χ0) is 23.3. The lowest BCUT2D eigenvalue weighted by atomic mass is 10.3. The molecule has 3 rings (SSSR count). The summed E-state index contributed by atoms with van der Waals surface area (Å²) in [5.74, 6) is -0.310. The summed E-state index contributed by atoms with van der Waals surface area (Å²) in [5.41, 5.74) is 12.2. The first-order chi connectivity index (χ1) is 15.3. The predicted molar refractivity (Wildman–Crippen MR) is 127 cm³/mol. The number of nitrogens with two attached hydrogens (primary N) is 1. The van der Waals surface area contributed by atoms with Crippen molar-refractivity contribution in [3.8, 4) is 11.4 Å². The molecule has 0 atom stereocenters. The monoisotopic (exact) mass is 472 g/mol. The number of methoxy groups -OCH3 is 1. The first-order valence-corrected chi connectivity index (χ1v) is 10.1. The first kappa shape index (κ1) is 23.0. The van der Waals surface area contributed by atoms with E-state index in [2.05, 4.69) is 26.2 Å². The molecule has 0 saturated carbocycles. The lowest BCUT2D eigenvalue weighted by molar-refractivity contribution is 0.0935. The molecule has 0 radical (unpaired) electrons. The van der Waals surface area contributed by atoms with Crippen molar-refractivity contribution in [2.75, 3.05) is 26.1 Å². The SMILES string of the molecule is COc1c(C(=O)NNC(N)=S)nn(-c2cccc(Cl)c2)c1N=Nc1ccc(N(C)C)cc1. The number of rotatable bonds is 6. The van der Waals surface area contributed by atoms with E-state index in [0.29, 0.717) is 16.4 Å². The highest BCUT2D eigenvalue weighted by Gasteiger charge is 2.25. The molecule has 0 aliphatic rings. The van der Waals surface area contributed by atoms with E-state index in [1.54, 1.807) is 24.3 Å². The van der Waals surface area contributed by atoms with Crippen LogP contribution in [-0.4, -0.2) is 42.0 Å². The molecule has 0 saturated heterocycles. The van der Waals surface area contributed by atoms with Crippen LogP contribution >= 0.6 is 23.8 Å². The Morgan fingerprint density at radius 3 is 2.50 bits per heavy atom. The standard InChI is InChI=1S/C20H21ClN8O2S/c1-28(2)14-9-7-13(8-10-14)23-24-18-17(31-3)16(19(30)25-26-20(22)32)27-29(18)15-6-4-5-12(21)11-15/h4-11H,1-3H3,(H,25,30)(H3,22,26,32). The number of hydrogen-bond donors (Lipinski definition) is 3. The molecule has 0 fully saturated rings. The maximum absolute atomic E-state index is 12.6. The van der Waals surface area contributed by atoms with Crippen LogP contribution in [0.25, 0.3) is 5.69 Å². The van der Waals surface area contributed by atoms with E-state index in [1.165, 1.54) is 11.8 Å². The van der Waals surface area contributed by atoms with Crippen molar-refractivity contribution in [2.45, 2.75) is 0 Å². The van der Waals surface area contributed by atoms with Gasteiger partial charge in [-0.2, -0.15) is 5.10 Å². The van der Waals surface area contributed by atoms with Crippen LogP contribution in [0.5, 0.6) is 5.75 Å². The van der Waals surface area contributed by atoms with Gasteiger partial charge in [0.05, 0.1) is 18.5 Å². The van der Waals surface area contributed by atoms with Gasteiger partial charge in [-0.25, -0.2) is 4.68 Å². The van der Waals surface area contributed by atoms with Gasteiger partial charge in [-0.05, 0) is 54.7 Å². The van der Waals surface area contributed by atoms with Gasteiger partial charge in [0.2, 0.25) is 5.82 Å². The van der Waals surface area contributed by atoms with Gasteiger partial charge in [0.25, 0.3) is 5.91 Å². The number of hydrazine groups is 1. The molecule has 0 spiro atoms. The Hall–Kier alpha value is -3.70. The fourth-order valence-corrected chi connectivity index (χ4v) is 2.94. The second-order valence-corrected chi connectivity index (χ2v) is 7.53. The lowest BCUT2D eigenvalue weighted by Gasteiger charge is -2.11. The fraction of sp³-hybridized carbons (Fsp3) is 0.150. The summed E-state index contributed by atoms with van der Waals surface area (Å²) in [6.45, 7) is 0. The largest absolute Gasteiger partial charge is 0.491 e. The first-order valence-electron chi connectivity index (χ1n) is 9.28. The minimum absolute atomic E-state index is 0.0480. The molecule has 1 aromatic heterocycles. The predicted octanol–water partition coefficient (Wildman–Crippen LogP) is 3.49. The van der Waals surface area contributed by atoms with Crippen molar-refractivity contribution in [3.05, 3.63) is 59.2 Å². The molecule has 1 amide bonds. The van der Waals surface area contributed by atoms with Crippen molar-refractivity contribution in [2.24, 2.45) is 16.0 Å². The number of halogens is 1. The number of azo groups is 1. The van der Waals surface area contributed by atoms with Crippen LogP contribution in [0, 0.1) is 0 Å². The Kier molecular flexibility index (Phi) is 7.23. The van der Waals surface area contributed by atoms with Gasteiger partial charge in [-0.3, -0.25) is 15.6 Å². The summed E-state index contributed by atoms with van der Waals surface area (Å²) in [6, 6.07) is 14.4. The second-order valence-electron chi connectivity index (χ2n) is 6.65. The van der Waals surface area contributed by atoms with E-state index in [9.17, 15) is 4.79 Å². The van der Waals surface area contributed by atoms with E-state index >= 15 is 0 Å². The molecule has 0 aliphatic heterocycles. The number of ether oxygens (including phenoxy) is 1. The number of benzene rings is 2. The fourth-order valence-electron chi connectivity index (χ4n) is 2.71. The molecule has 12 heteroatoms. The summed E-state index contributed by atoms with van der Waals surface area (Å²) < 4.78 is 6.86. The smallest absolute Gasteiger partial charge is 0.294 e. The normalized spacial score (nSPS) is 10.8. The number of carbonyl (C=O) groups excluding carboxylic acids is 1. The number of amides is 1. The number of hydrogen-bond acceptors (Lipinski definition) is 7. The summed E-state index contributed by atoms with van der Waals surface area (Å²) >= 11 is 10.9. The molecular weight excluding hydrogens is 452 g/mol. The van der Waals surface area contributed by atoms with Crippen LogP contribution in [0.2, 0.25) is 5.02 Å². The Morgan fingerprint density at radius 2 is 1.91 bits per heavy atom. The number of thiocarbonyl (C=S) groups is 1. The van der Waals surface area contributed by atoms with Gasteiger partial charge in [-0.15, -0.1) is 10.2 Å². The average Bonchev–Trinajstić information content (AvgIpc) is 3.15. The second kappa shape index (κ2) is 10.1. The number of anilines is 1. The molecule has 0 unspecified atom stereocenters. The quantitative estimate of drug-likeness (QED) is 0.285. The number of nitrogens with one attached hydrogen (secondary N) is 2. The Balaban J connectivity index is 2.07. The molecule has 166 valence electrons. The van der Waals surface area contributed by atoms with Crippen LogP contribution in [-0.2, 0) is 0 Å². The van der Waals surface area contributed by atoms with Crippen LogP contribution in [0.4, 0.5) is 17.2 Å². The van der Waals surface area contributed by atoms with Gasteiger partial charge in [-0.1, -0.05) is 17.7 Å². The van der Waals surface area contributed by atoms with Crippen LogP contribution in [0.3, 0.4) is 0 Å². The molecular formula is C20H21ClN8O2S. The van der Waals surface area contributed by atoms with Crippen molar-refractivity contribution in [1.29, 1.82) is 0 Å². The molecule has 4 N–H and O–H groups in total. The highest BCUT2D eigenvalue weighted by Crippen LogP contribution is 2.35. The third kappa shape index (κ3) is 5.31. The van der Waals surface area contributed by atoms with E-state index in [-0.39, 0.29) is 22.4 Å². The van der Waals surface area contributed by atoms with Gasteiger partial charge in [0.1, 0.15) is 0 Å². The maximum Gasteiger partial charge on any atom is 0.294 e. The summed E-state index contributed by atoms with van der Waals surface area (Å²) in [5, 5.41) is 13.3. The lowest BCUT2D eigenvalue weighted by Crippen LogP contribution is -2.44. The Morgan fingerprint density at radius 1 is 1.19 bits per heavy atom. The summed E-state index contributed by atoms with van der Waals surface area (Å²) in [6.07, 6.45) is 0. The number of carbonyl (C=O) groups is 1. The number of nitrogens with zero attached hydrogens (tertiary/aromatic N) is 5. The minimum atomic E-state index is -0.623. The zero-order valence-electron chi connectivity index (χ0n) is 17.5. The highest BCUT2D eigenvalue weighted by molar-refractivity contribution is 7.80. The van der Waals surface area contributed by atoms with E-state index in [0.717, 1.165) is 5.69 Å². The van der Waals surface area contributed by atoms with Crippen LogP contribution in [0.1, 0.15) is 10.5 Å². The van der Waals surface area contributed by atoms with E-state index < -0.39 is 5.91 Å². The van der Waals surface area contributed by atoms with E-state index in [4.69, 9.17) is 34.3 Å². The molecule has 2 aromatic carbocycles. The topological polar surface area (TPSA) is 122 Å². The third-order valence-corrected chi connectivity index (χ3v) is 4.55. The average molecular weight is 473 g/mol. The van der Waals surface area contributed by atoms with Crippen LogP contribution in [0.15, 0.2) is 58.8 Å². The van der Waals surface area contributed by atoms with Crippen LogP contribution < -0.4 is 26.2 Å². The molecule has 1 heterocycles. The molecule has 3 aromatic rings. The van der Waals surface area contributed by atoms with Crippen molar-refractivity contribution >= 4 is 52.0 Å². The van der Waals surface area contributed by atoms with Gasteiger partial charge in [0, 0.05) is 24.8 Å². The Labute approximate surface area is 195 Å². The molecule has 10 nitrogen and oxygen atoms in total. The molecule has 32 heavy (non-hydrogen) atoms. The van der Waals surface area contributed by atoms with Gasteiger partial charge < -0.3 is 15.4 Å². The number of aromatic nitrogens is 2. The highest BCUT2D eigenvalue weighted by atomic mass is 35.5. The van der Waals surface area contributed by atoms with Crippen molar-refractivity contribution in [3.63, 3.8) is 0 Å². The molecule has 0 aliphatic carbocycles. The van der Waals surface area contributed by atoms with Crippen molar-refractivity contribution < 1.29 is 9.53 Å². The Bertz CT molecular complexity index is 1160. The summed E-state index contributed by atoms with van der Waals surface area (Å²) in [7, 11) is 5.30. The molecule has 0 bridgehead atoms. The maximum atomic E-state index is 12.6. The third-order valence-electron chi connectivity index (χ3n) is 4.22. The minimum Gasteiger partial charge on any atom is -0.491 e. The van der Waals surface area contributed by atoms with Crippen molar-refractivity contribution in [1.82, 2.24) is 20.6 Å². The summed E-state index contributed by atoms with van der Waals surface area (Å²) in [4.78, 5) is 14.6. The van der Waals surface area contributed by atoms with Gasteiger partial charge in [0.15, 0.2) is 16.6 Å². The zero-order valence-corrected chi connectivity index (χ0v) is 19.1. The van der Waals surface area contributed by atoms with E-state index in [1.807, 2.05) is 43.3 Å². The van der Waals surface area contributed by atoms with Gasteiger partial charge >= 0.3 is 0 Å².